The Morgan fingerprint density at radius 3 is 2.41 bits per heavy atom. The number of hydrogen-bond acceptors (Lipinski definition) is 3. The van der Waals surface area contributed by atoms with Gasteiger partial charge in [0.2, 0.25) is 5.91 Å². The Bertz CT molecular complexity index is 678. The maximum Gasteiger partial charge on any atom is 0.407 e. The number of amides is 2. The zero-order chi connectivity index (χ0) is 20.2. The van der Waals surface area contributed by atoms with Crippen molar-refractivity contribution in [2.75, 3.05) is 6.54 Å². The van der Waals surface area contributed by atoms with E-state index in [0.29, 0.717) is 24.9 Å². The van der Waals surface area contributed by atoms with Gasteiger partial charge in [-0.1, -0.05) is 32.4 Å². The van der Waals surface area contributed by atoms with E-state index in [-0.39, 0.29) is 23.7 Å². The number of rotatable bonds is 6. The highest BCUT2D eigenvalue weighted by Crippen LogP contribution is 2.44. The minimum atomic E-state index is -0.671. The second-order valence-electron chi connectivity index (χ2n) is 8.65. The molecule has 1 aromatic carbocycles. The third kappa shape index (κ3) is 5.44. The summed E-state index contributed by atoms with van der Waals surface area (Å²) >= 11 is 0. The molecule has 0 heterocycles. The van der Waals surface area contributed by atoms with Gasteiger partial charge in [-0.25, -0.2) is 9.18 Å². The molecule has 1 aliphatic carbocycles. The molecule has 0 saturated heterocycles. The fourth-order valence-corrected chi connectivity index (χ4v) is 3.25. The lowest BCUT2D eigenvalue weighted by Gasteiger charge is -2.41. The third-order valence-electron chi connectivity index (χ3n) is 5.01. The summed E-state index contributed by atoms with van der Waals surface area (Å²) in [6.07, 6.45) is 1.84. The number of ether oxygens (including phenoxy) is 1. The van der Waals surface area contributed by atoms with Gasteiger partial charge in [-0.15, -0.1) is 0 Å². The van der Waals surface area contributed by atoms with E-state index >= 15 is 0 Å². The van der Waals surface area contributed by atoms with Crippen molar-refractivity contribution in [2.24, 2.45) is 5.92 Å². The number of hydrogen-bond donors (Lipinski definition) is 2. The van der Waals surface area contributed by atoms with Crippen LogP contribution in [0.15, 0.2) is 24.3 Å². The lowest BCUT2D eigenvalue weighted by Crippen LogP contribution is -2.54. The van der Waals surface area contributed by atoms with E-state index in [2.05, 4.69) is 10.6 Å². The normalized spacial score (nSPS) is 17.0. The van der Waals surface area contributed by atoms with Crippen molar-refractivity contribution in [3.63, 3.8) is 0 Å². The second-order valence-corrected chi connectivity index (χ2v) is 8.65. The molecule has 5 nitrogen and oxygen atoms in total. The van der Waals surface area contributed by atoms with E-state index in [0.717, 1.165) is 6.42 Å². The summed E-state index contributed by atoms with van der Waals surface area (Å²) in [5.74, 6) is -0.335. The summed E-state index contributed by atoms with van der Waals surface area (Å²) in [4.78, 5) is 25.0. The molecule has 0 radical (unpaired) electrons. The molecule has 1 aromatic rings. The van der Waals surface area contributed by atoms with E-state index < -0.39 is 17.1 Å². The maximum atomic E-state index is 13.6. The Labute approximate surface area is 161 Å². The number of carbonyl (C=O) groups is 2. The van der Waals surface area contributed by atoms with E-state index in [1.165, 1.54) is 12.1 Å². The molecule has 27 heavy (non-hydrogen) atoms. The summed E-state index contributed by atoms with van der Waals surface area (Å²) in [5.41, 5.74) is -0.537. The molecular formula is C21H31FN2O3. The fraction of sp³-hybridized carbons (Fsp3) is 0.619. The quantitative estimate of drug-likeness (QED) is 0.789. The summed E-state index contributed by atoms with van der Waals surface area (Å²) < 4.78 is 18.9. The topological polar surface area (TPSA) is 67.4 Å². The molecule has 1 saturated carbocycles. The standard InChI is InChI=1S/C21H31FN2O3/c1-14(2)17(24-19(26)27-20(3,4)5)13-23-18(25)21(10-7-11-21)15-8-6-9-16(22)12-15/h6,8-9,12,14,17H,7,10-11,13H2,1-5H3,(H,23,25)(H,24,26). The zero-order valence-corrected chi connectivity index (χ0v) is 16.9. The van der Waals surface area contributed by atoms with Gasteiger partial charge in [-0.2, -0.15) is 0 Å². The predicted molar refractivity (Wildman–Crippen MR) is 103 cm³/mol. The van der Waals surface area contributed by atoms with Crippen LogP contribution >= 0.6 is 0 Å². The fourth-order valence-electron chi connectivity index (χ4n) is 3.25. The molecule has 0 aliphatic heterocycles. The van der Waals surface area contributed by atoms with Crippen LogP contribution in [0.2, 0.25) is 0 Å². The minimum absolute atomic E-state index is 0.115. The van der Waals surface area contributed by atoms with Gasteiger partial charge in [0.05, 0.1) is 11.5 Å². The van der Waals surface area contributed by atoms with Crippen LogP contribution in [0, 0.1) is 11.7 Å². The van der Waals surface area contributed by atoms with E-state index in [9.17, 15) is 14.0 Å². The van der Waals surface area contributed by atoms with Crippen molar-refractivity contribution < 1.29 is 18.7 Å². The highest BCUT2D eigenvalue weighted by Gasteiger charge is 2.45. The summed E-state index contributed by atoms with van der Waals surface area (Å²) in [6.45, 7) is 9.65. The zero-order valence-electron chi connectivity index (χ0n) is 16.9. The molecule has 2 rings (SSSR count). The van der Waals surface area contributed by atoms with Crippen LogP contribution in [0.3, 0.4) is 0 Å². The lowest BCUT2D eigenvalue weighted by atomic mass is 9.63. The predicted octanol–water partition coefficient (Wildman–Crippen LogP) is 3.91. The molecule has 150 valence electrons. The van der Waals surface area contributed by atoms with Crippen molar-refractivity contribution in [3.05, 3.63) is 35.6 Å². The number of alkyl carbamates (subject to hydrolysis) is 1. The van der Waals surface area contributed by atoms with E-state index in [1.807, 2.05) is 13.8 Å². The first kappa shape index (κ1) is 21.2. The van der Waals surface area contributed by atoms with Crippen molar-refractivity contribution in [2.45, 2.75) is 70.9 Å². The number of carbonyl (C=O) groups excluding carboxylic acids is 2. The molecular weight excluding hydrogens is 347 g/mol. The third-order valence-corrected chi connectivity index (χ3v) is 5.01. The van der Waals surface area contributed by atoms with Crippen LogP contribution in [0.1, 0.15) is 59.4 Å². The van der Waals surface area contributed by atoms with Gasteiger partial charge in [0.25, 0.3) is 0 Å². The van der Waals surface area contributed by atoms with Crippen LogP contribution in [-0.2, 0) is 14.9 Å². The average molecular weight is 378 g/mol. The second kappa shape index (κ2) is 8.28. The number of halogens is 1. The van der Waals surface area contributed by atoms with E-state index in [4.69, 9.17) is 4.74 Å². The molecule has 1 fully saturated rings. The van der Waals surface area contributed by atoms with Crippen LogP contribution in [0.4, 0.5) is 9.18 Å². The number of nitrogens with one attached hydrogen (secondary N) is 2. The summed E-state index contributed by atoms with van der Waals surface area (Å²) in [7, 11) is 0. The SMILES string of the molecule is CC(C)C(CNC(=O)C1(c2cccc(F)c2)CCC1)NC(=O)OC(C)(C)C. The average Bonchev–Trinajstić information content (AvgIpc) is 2.48. The largest absolute Gasteiger partial charge is 0.444 e. The Morgan fingerprint density at radius 1 is 1.26 bits per heavy atom. The lowest BCUT2D eigenvalue weighted by molar-refractivity contribution is -0.130. The molecule has 1 atom stereocenters. The van der Waals surface area contributed by atoms with Gasteiger partial charge in [0.15, 0.2) is 0 Å². The Balaban J connectivity index is 2.01. The monoisotopic (exact) mass is 378 g/mol. The van der Waals surface area contributed by atoms with Crippen molar-refractivity contribution in [1.82, 2.24) is 10.6 Å². The molecule has 6 heteroatoms. The van der Waals surface area contributed by atoms with Crippen LogP contribution in [-0.4, -0.2) is 30.2 Å². The molecule has 0 bridgehead atoms. The molecule has 0 aromatic heterocycles. The first-order valence-electron chi connectivity index (χ1n) is 9.57. The summed E-state index contributed by atoms with van der Waals surface area (Å²) in [5, 5.41) is 5.79. The Hall–Kier alpha value is -2.11. The van der Waals surface area contributed by atoms with Crippen molar-refractivity contribution in [3.8, 4) is 0 Å². The van der Waals surface area contributed by atoms with Crippen LogP contribution < -0.4 is 10.6 Å². The molecule has 1 aliphatic rings. The van der Waals surface area contributed by atoms with Gasteiger partial charge < -0.3 is 15.4 Å². The van der Waals surface area contributed by atoms with Crippen molar-refractivity contribution >= 4 is 12.0 Å². The molecule has 2 amide bonds. The van der Waals surface area contributed by atoms with Gasteiger partial charge in [0, 0.05) is 6.54 Å². The summed E-state index contributed by atoms with van der Waals surface area (Å²) in [6, 6.07) is 6.01. The Morgan fingerprint density at radius 2 is 1.93 bits per heavy atom. The first-order valence-corrected chi connectivity index (χ1v) is 9.57. The van der Waals surface area contributed by atoms with Gasteiger partial charge in [-0.3, -0.25) is 4.79 Å². The van der Waals surface area contributed by atoms with Crippen LogP contribution in [0.25, 0.3) is 0 Å². The molecule has 0 spiro atoms. The molecule has 1 unspecified atom stereocenters. The Kier molecular flexibility index (Phi) is 6.50. The van der Waals surface area contributed by atoms with Gasteiger partial charge >= 0.3 is 6.09 Å². The van der Waals surface area contributed by atoms with Gasteiger partial charge in [-0.05, 0) is 57.2 Å². The first-order chi connectivity index (χ1) is 12.5. The van der Waals surface area contributed by atoms with E-state index in [1.54, 1.807) is 32.9 Å². The smallest absolute Gasteiger partial charge is 0.407 e. The molecule has 2 N–H and O–H groups in total. The highest BCUT2D eigenvalue weighted by molar-refractivity contribution is 5.89. The van der Waals surface area contributed by atoms with Crippen LogP contribution in [0.5, 0.6) is 0 Å². The van der Waals surface area contributed by atoms with Crippen molar-refractivity contribution in [1.29, 1.82) is 0 Å². The van der Waals surface area contributed by atoms with Gasteiger partial charge in [0.1, 0.15) is 11.4 Å². The highest BCUT2D eigenvalue weighted by atomic mass is 19.1. The maximum absolute atomic E-state index is 13.6. The number of benzene rings is 1. The minimum Gasteiger partial charge on any atom is -0.444 e.